The van der Waals surface area contributed by atoms with Crippen LogP contribution < -0.4 is 14.5 Å². The van der Waals surface area contributed by atoms with Gasteiger partial charge in [-0.1, -0.05) is 36.4 Å². The predicted molar refractivity (Wildman–Crippen MR) is 141 cm³/mol. The first-order valence-corrected chi connectivity index (χ1v) is 12.2. The second-order valence-electron chi connectivity index (χ2n) is 8.85. The minimum atomic E-state index is -0.0603. The number of pyridine rings is 1. The van der Waals surface area contributed by atoms with Gasteiger partial charge in [0.15, 0.2) is 0 Å². The largest absolute Gasteiger partial charge is 0.497 e. The number of piperidine rings is 1. The Morgan fingerprint density at radius 1 is 0.944 bits per heavy atom. The Morgan fingerprint density at radius 3 is 2.39 bits per heavy atom. The van der Waals surface area contributed by atoms with E-state index in [1.54, 1.807) is 19.6 Å². The molecule has 0 bridgehead atoms. The lowest BCUT2D eigenvalue weighted by Crippen LogP contribution is -2.43. The molecular formula is C29H29N5O2. The normalized spacial score (nSPS) is 13.9. The molecule has 5 rings (SSSR count). The molecule has 0 radical (unpaired) electrons. The quantitative estimate of drug-likeness (QED) is 0.372. The van der Waals surface area contributed by atoms with Gasteiger partial charge in [0.2, 0.25) is 5.91 Å². The van der Waals surface area contributed by atoms with Crippen molar-refractivity contribution < 1.29 is 9.53 Å². The van der Waals surface area contributed by atoms with Crippen molar-refractivity contribution in [1.82, 2.24) is 15.0 Å². The summed E-state index contributed by atoms with van der Waals surface area (Å²) >= 11 is 0. The molecule has 1 saturated heterocycles. The van der Waals surface area contributed by atoms with Gasteiger partial charge in [-0.25, -0.2) is 15.0 Å². The summed E-state index contributed by atoms with van der Waals surface area (Å²) in [7, 11) is 1.66. The summed E-state index contributed by atoms with van der Waals surface area (Å²) in [4.78, 5) is 31.2. The zero-order chi connectivity index (χ0) is 24.7. The van der Waals surface area contributed by atoms with E-state index in [-0.39, 0.29) is 11.8 Å². The number of nitrogens with zero attached hydrogens (tertiary/aromatic N) is 5. The standard InChI is InChI=1S/C29H29N5O2/c1-36-25-12-10-23(11-13-25)26-19-28(32-21-31-26)33-17-14-24(15-18-33)29(35)34(27-9-5-6-16-30-27)20-22-7-3-2-4-8-22/h2-13,16,19,21,24H,14-15,17-18,20H2,1H3. The fourth-order valence-corrected chi connectivity index (χ4v) is 4.57. The molecule has 1 aliphatic rings. The van der Waals surface area contributed by atoms with Crippen molar-refractivity contribution in [2.75, 3.05) is 30.0 Å². The molecule has 3 heterocycles. The third kappa shape index (κ3) is 5.35. The van der Waals surface area contributed by atoms with E-state index in [0.29, 0.717) is 12.4 Å². The Balaban J connectivity index is 1.28. The fraction of sp³-hybridized carbons (Fsp3) is 0.241. The number of hydrogen-bond donors (Lipinski definition) is 0. The molecule has 0 saturated carbocycles. The summed E-state index contributed by atoms with van der Waals surface area (Å²) in [6, 6.07) is 25.6. The third-order valence-corrected chi connectivity index (χ3v) is 6.58. The third-order valence-electron chi connectivity index (χ3n) is 6.58. The van der Waals surface area contributed by atoms with Gasteiger partial charge in [0.1, 0.15) is 23.7 Å². The average molecular weight is 480 g/mol. The fourth-order valence-electron chi connectivity index (χ4n) is 4.57. The second-order valence-corrected chi connectivity index (χ2v) is 8.85. The number of rotatable bonds is 7. The van der Waals surface area contributed by atoms with Gasteiger partial charge in [0, 0.05) is 36.8 Å². The minimum Gasteiger partial charge on any atom is -0.497 e. The van der Waals surface area contributed by atoms with E-state index in [0.717, 1.165) is 54.3 Å². The SMILES string of the molecule is COc1ccc(-c2cc(N3CCC(C(=O)N(Cc4ccccc4)c4ccccn4)CC3)ncn2)cc1. The van der Waals surface area contributed by atoms with Crippen LogP contribution in [0.3, 0.4) is 0 Å². The first kappa shape index (κ1) is 23.5. The van der Waals surface area contributed by atoms with Crippen LogP contribution in [0.15, 0.2) is 91.4 Å². The number of hydrogen-bond acceptors (Lipinski definition) is 6. The highest BCUT2D eigenvalue weighted by Gasteiger charge is 2.30. The van der Waals surface area contributed by atoms with Crippen LogP contribution in [0.1, 0.15) is 18.4 Å². The van der Waals surface area contributed by atoms with Gasteiger partial charge < -0.3 is 9.64 Å². The molecule has 4 aromatic rings. The van der Waals surface area contributed by atoms with Gasteiger partial charge in [-0.2, -0.15) is 0 Å². The second kappa shape index (κ2) is 11.0. The van der Waals surface area contributed by atoms with Gasteiger partial charge in [-0.3, -0.25) is 9.69 Å². The summed E-state index contributed by atoms with van der Waals surface area (Å²) in [5.41, 5.74) is 2.96. The van der Waals surface area contributed by atoms with Crippen molar-refractivity contribution in [3.63, 3.8) is 0 Å². The van der Waals surface area contributed by atoms with Crippen LogP contribution in [0.5, 0.6) is 5.75 Å². The van der Waals surface area contributed by atoms with Gasteiger partial charge in [-0.15, -0.1) is 0 Å². The number of amides is 1. The van der Waals surface area contributed by atoms with Crippen LogP contribution in [0.25, 0.3) is 11.3 Å². The van der Waals surface area contributed by atoms with Crippen LogP contribution in [-0.2, 0) is 11.3 Å². The van der Waals surface area contributed by atoms with Gasteiger partial charge in [0.05, 0.1) is 19.3 Å². The smallest absolute Gasteiger partial charge is 0.231 e. The zero-order valence-electron chi connectivity index (χ0n) is 20.3. The lowest BCUT2D eigenvalue weighted by molar-refractivity contribution is -0.123. The molecular weight excluding hydrogens is 450 g/mol. The Bertz CT molecular complexity index is 1270. The molecule has 0 spiro atoms. The summed E-state index contributed by atoms with van der Waals surface area (Å²) in [5, 5.41) is 0. The summed E-state index contributed by atoms with van der Waals surface area (Å²) < 4.78 is 5.26. The molecule has 0 N–H and O–H groups in total. The zero-order valence-corrected chi connectivity index (χ0v) is 20.3. The number of ether oxygens (including phenoxy) is 1. The molecule has 7 heteroatoms. The van der Waals surface area contributed by atoms with E-state index in [4.69, 9.17) is 4.74 Å². The van der Waals surface area contributed by atoms with Crippen molar-refractivity contribution in [1.29, 1.82) is 0 Å². The number of aromatic nitrogens is 3. The van der Waals surface area contributed by atoms with Crippen LogP contribution in [-0.4, -0.2) is 41.1 Å². The average Bonchev–Trinajstić information content (AvgIpc) is 2.97. The van der Waals surface area contributed by atoms with E-state index < -0.39 is 0 Å². The highest BCUT2D eigenvalue weighted by atomic mass is 16.5. The first-order valence-electron chi connectivity index (χ1n) is 12.2. The number of anilines is 2. The topological polar surface area (TPSA) is 71.5 Å². The molecule has 1 fully saturated rings. The summed E-state index contributed by atoms with van der Waals surface area (Å²) in [6.45, 7) is 2.03. The van der Waals surface area contributed by atoms with Crippen LogP contribution in [0, 0.1) is 5.92 Å². The maximum absolute atomic E-state index is 13.7. The van der Waals surface area contributed by atoms with Gasteiger partial charge in [-0.05, 0) is 54.8 Å². The minimum absolute atomic E-state index is 0.0603. The van der Waals surface area contributed by atoms with Crippen molar-refractivity contribution >= 4 is 17.5 Å². The van der Waals surface area contributed by atoms with Crippen LogP contribution >= 0.6 is 0 Å². The Morgan fingerprint density at radius 2 is 1.69 bits per heavy atom. The maximum atomic E-state index is 13.7. The van der Waals surface area contributed by atoms with Crippen molar-refractivity contribution in [3.05, 3.63) is 97.0 Å². The summed E-state index contributed by atoms with van der Waals surface area (Å²) in [6.07, 6.45) is 4.87. The van der Waals surface area contributed by atoms with E-state index >= 15 is 0 Å². The van der Waals surface area contributed by atoms with Crippen LogP contribution in [0.2, 0.25) is 0 Å². The molecule has 7 nitrogen and oxygen atoms in total. The molecule has 182 valence electrons. The lowest BCUT2D eigenvalue weighted by Gasteiger charge is -2.34. The Kier molecular flexibility index (Phi) is 7.17. The van der Waals surface area contributed by atoms with Gasteiger partial charge >= 0.3 is 0 Å². The number of carbonyl (C=O) groups excluding carboxylic acids is 1. The van der Waals surface area contributed by atoms with Gasteiger partial charge in [0.25, 0.3) is 0 Å². The maximum Gasteiger partial charge on any atom is 0.231 e. The molecule has 2 aromatic carbocycles. The van der Waals surface area contributed by atoms with E-state index in [1.807, 2.05) is 83.8 Å². The van der Waals surface area contributed by atoms with Crippen molar-refractivity contribution in [2.45, 2.75) is 19.4 Å². The molecule has 1 amide bonds. The Hall–Kier alpha value is -4.26. The van der Waals surface area contributed by atoms with E-state index in [9.17, 15) is 4.79 Å². The highest BCUT2D eigenvalue weighted by Crippen LogP contribution is 2.28. The summed E-state index contributed by atoms with van der Waals surface area (Å²) in [5.74, 6) is 2.45. The number of methoxy groups -OCH3 is 1. The molecule has 36 heavy (non-hydrogen) atoms. The highest BCUT2D eigenvalue weighted by molar-refractivity contribution is 5.94. The molecule has 2 aromatic heterocycles. The first-order chi connectivity index (χ1) is 17.7. The van der Waals surface area contributed by atoms with Crippen molar-refractivity contribution in [2.24, 2.45) is 5.92 Å². The van der Waals surface area contributed by atoms with E-state index in [2.05, 4.69) is 19.9 Å². The molecule has 0 aliphatic carbocycles. The van der Waals surface area contributed by atoms with Crippen molar-refractivity contribution in [3.8, 4) is 17.0 Å². The Labute approximate surface area is 211 Å². The van der Waals surface area contributed by atoms with Crippen LogP contribution in [0.4, 0.5) is 11.6 Å². The number of carbonyl (C=O) groups is 1. The monoisotopic (exact) mass is 479 g/mol. The molecule has 1 aliphatic heterocycles. The molecule has 0 unspecified atom stereocenters. The molecule has 0 atom stereocenters. The predicted octanol–water partition coefficient (Wildman–Crippen LogP) is 5.00. The van der Waals surface area contributed by atoms with E-state index in [1.165, 1.54) is 0 Å². The lowest BCUT2D eigenvalue weighted by atomic mass is 9.94. The number of benzene rings is 2.